The minimum Gasteiger partial charge on any atom is -0.496 e. The molecule has 4 heteroatoms. The van der Waals surface area contributed by atoms with Gasteiger partial charge in [0, 0.05) is 5.56 Å². The van der Waals surface area contributed by atoms with Crippen molar-refractivity contribution in [2.24, 2.45) is 0 Å². The Balaban J connectivity index is 1.66. The maximum absolute atomic E-state index is 12.3. The van der Waals surface area contributed by atoms with E-state index in [1.807, 2.05) is 31.2 Å². The fourth-order valence-corrected chi connectivity index (χ4v) is 2.61. The highest BCUT2D eigenvalue weighted by Gasteiger charge is 2.14. The molecule has 0 saturated carbocycles. The number of para-hydroxylation sites is 1. The van der Waals surface area contributed by atoms with Gasteiger partial charge >= 0.3 is 5.97 Å². The molecule has 0 radical (unpaired) electrons. The lowest BCUT2D eigenvalue weighted by atomic mass is 10.1. The van der Waals surface area contributed by atoms with Gasteiger partial charge in [-0.15, -0.1) is 0 Å². The molecule has 0 amide bonds. The summed E-state index contributed by atoms with van der Waals surface area (Å²) in [6.45, 7) is 2.01. The molecule has 3 aromatic carbocycles. The Hall–Kier alpha value is -3.66. The van der Waals surface area contributed by atoms with Crippen LogP contribution in [0.5, 0.6) is 11.5 Å². The van der Waals surface area contributed by atoms with E-state index in [1.54, 1.807) is 54.6 Å². The second-order valence-electron chi connectivity index (χ2n) is 6.22. The molecule has 0 atom stereocenters. The Morgan fingerprint density at radius 2 is 1.54 bits per heavy atom. The molecule has 0 unspecified atom stereocenters. The van der Waals surface area contributed by atoms with Gasteiger partial charge in [-0.25, -0.2) is 4.79 Å². The molecule has 0 bridgehead atoms. The predicted octanol–water partition coefficient (Wildman–Crippen LogP) is 5.12. The van der Waals surface area contributed by atoms with Gasteiger partial charge in [0.25, 0.3) is 0 Å². The minimum atomic E-state index is -0.518. The molecule has 0 aromatic heterocycles. The van der Waals surface area contributed by atoms with E-state index in [4.69, 9.17) is 9.47 Å². The second-order valence-corrected chi connectivity index (χ2v) is 6.22. The van der Waals surface area contributed by atoms with Crippen LogP contribution in [0.4, 0.5) is 0 Å². The summed E-state index contributed by atoms with van der Waals surface area (Å²) < 4.78 is 10.5. The number of rotatable bonds is 6. The van der Waals surface area contributed by atoms with E-state index in [9.17, 15) is 9.59 Å². The van der Waals surface area contributed by atoms with E-state index >= 15 is 0 Å². The maximum Gasteiger partial charge on any atom is 0.347 e. The smallest absolute Gasteiger partial charge is 0.347 e. The van der Waals surface area contributed by atoms with Crippen LogP contribution >= 0.6 is 0 Å². The lowest BCUT2D eigenvalue weighted by Gasteiger charge is -2.08. The first kappa shape index (κ1) is 19.1. The normalized spacial score (nSPS) is 10.6. The van der Waals surface area contributed by atoms with Gasteiger partial charge in [0.15, 0.2) is 5.78 Å². The van der Waals surface area contributed by atoms with Gasteiger partial charge in [-0.1, -0.05) is 48.0 Å². The molecule has 3 aromatic rings. The van der Waals surface area contributed by atoms with Crippen molar-refractivity contribution in [1.29, 1.82) is 0 Å². The van der Waals surface area contributed by atoms with Gasteiger partial charge in [0.2, 0.25) is 0 Å². The summed E-state index contributed by atoms with van der Waals surface area (Å²) in [5, 5.41) is 0. The van der Waals surface area contributed by atoms with Crippen molar-refractivity contribution in [3.63, 3.8) is 0 Å². The molecule has 0 saturated heterocycles. The standard InChI is InChI=1S/C24H20O4/c1-17-7-9-18(10-8-17)11-16-22(25)19-12-14-20(15-13-19)28-24(26)21-5-3-4-6-23(21)27-2/h3-16H,1-2H3. The number of benzene rings is 3. The fourth-order valence-electron chi connectivity index (χ4n) is 2.61. The van der Waals surface area contributed by atoms with E-state index in [0.29, 0.717) is 22.6 Å². The van der Waals surface area contributed by atoms with Crippen molar-refractivity contribution < 1.29 is 19.1 Å². The zero-order valence-corrected chi connectivity index (χ0v) is 15.7. The topological polar surface area (TPSA) is 52.6 Å². The van der Waals surface area contributed by atoms with Crippen LogP contribution in [0.25, 0.3) is 6.08 Å². The molecule has 0 aliphatic heterocycles. The molecule has 4 nitrogen and oxygen atoms in total. The van der Waals surface area contributed by atoms with E-state index in [1.165, 1.54) is 18.7 Å². The highest BCUT2D eigenvalue weighted by Crippen LogP contribution is 2.21. The monoisotopic (exact) mass is 372 g/mol. The highest BCUT2D eigenvalue weighted by molar-refractivity contribution is 6.06. The zero-order valence-electron chi connectivity index (χ0n) is 15.7. The molecule has 140 valence electrons. The summed E-state index contributed by atoms with van der Waals surface area (Å²) in [6, 6.07) is 21.2. The summed E-state index contributed by atoms with van der Waals surface area (Å²) in [4.78, 5) is 24.6. The van der Waals surface area contributed by atoms with Gasteiger partial charge in [-0.2, -0.15) is 0 Å². The fraction of sp³-hybridized carbons (Fsp3) is 0.0833. The molecule has 0 N–H and O–H groups in total. The van der Waals surface area contributed by atoms with Crippen molar-refractivity contribution in [3.8, 4) is 11.5 Å². The molecule has 0 fully saturated rings. The number of carbonyl (C=O) groups is 2. The molecule has 0 aliphatic carbocycles. The Morgan fingerprint density at radius 3 is 2.21 bits per heavy atom. The Labute approximate surface area is 164 Å². The van der Waals surface area contributed by atoms with Crippen LogP contribution in [-0.4, -0.2) is 18.9 Å². The largest absolute Gasteiger partial charge is 0.496 e. The van der Waals surface area contributed by atoms with E-state index in [0.717, 1.165) is 5.56 Å². The number of aryl methyl sites for hydroxylation is 1. The van der Waals surface area contributed by atoms with Crippen molar-refractivity contribution >= 4 is 17.8 Å². The number of hydrogen-bond donors (Lipinski definition) is 0. The van der Waals surface area contributed by atoms with Gasteiger partial charge in [0.1, 0.15) is 17.1 Å². The Morgan fingerprint density at radius 1 is 0.857 bits per heavy atom. The first-order valence-corrected chi connectivity index (χ1v) is 8.81. The van der Waals surface area contributed by atoms with E-state index in [-0.39, 0.29) is 5.78 Å². The molecule has 0 aliphatic rings. The minimum absolute atomic E-state index is 0.122. The highest BCUT2D eigenvalue weighted by atomic mass is 16.5. The number of methoxy groups -OCH3 is 1. The first-order chi connectivity index (χ1) is 13.6. The third-order valence-corrected chi connectivity index (χ3v) is 4.18. The molecular formula is C24H20O4. The van der Waals surface area contributed by atoms with Gasteiger partial charge in [0.05, 0.1) is 7.11 Å². The van der Waals surface area contributed by atoms with Crippen LogP contribution < -0.4 is 9.47 Å². The number of allylic oxidation sites excluding steroid dienone is 1. The van der Waals surface area contributed by atoms with Crippen molar-refractivity contribution in [2.45, 2.75) is 6.92 Å². The van der Waals surface area contributed by atoms with E-state index < -0.39 is 5.97 Å². The van der Waals surface area contributed by atoms with Crippen LogP contribution in [0.3, 0.4) is 0 Å². The summed E-state index contributed by atoms with van der Waals surface area (Å²) in [5.41, 5.74) is 2.98. The summed E-state index contributed by atoms with van der Waals surface area (Å²) in [5.74, 6) is 0.162. The van der Waals surface area contributed by atoms with Gasteiger partial charge in [-0.3, -0.25) is 4.79 Å². The van der Waals surface area contributed by atoms with Crippen LogP contribution in [0, 0.1) is 6.92 Å². The van der Waals surface area contributed by atoms with Crippen molar-refractivity contribution in [2.75, 3.05) is 7.11 Å². The van der Waals surface area contributed by atoms with Crippen LogP contribution in [0.2, 0.25) is 0 Å². The van der Waals surface area contributed by atoms with Gasteiger partial charge < -0.3 is 9.47 Å². The summed E-state index contributed by atoms with van der Waals surface area (Å²) >= 11 is 0. The quantitative estimate of drug-likeness (QED) is 0.261. The summed E-state index contributed by atoms with van der Waals surface area (Å²) in [6.07, 6.45) is 3.30. The number of ketones is 1. The Kier molecular flexibility index (Phi) is 6.02. The third-order valence-electron chi connectivity index (χ3n) is 4.18. The molecule has 28 heavy (non-hydrogen) atoms. The molecule has 0 heterocycles. The lowest BCUT2D eigenvalue weighted by Crippen LogP contribution is -2.10. The molecule has 0 spiro atoms. The predicted molar refractivity (Wildman–Crippen MR) is 109 cm³/mol. The first-order valence-electron chi connectivity index (χ1n) is 8.81. The third kappa shape index (κ3) is 4.74. The summed E-state index contributed by atoms with van der Waals surface area (Å²) in [7, 11) is 1.50. The van der Waals surface area contributed by atoms with Crippen molar-refractivity contribution in [1.82, 2.24) is 0 Å². The number of esters is 1. The molecular weight excluding hydrogens is 352 g/mol. The van der Waals surface area contributed by atoms with Crippen LogP contribution in [0.1, 0.15) is 31.8 Å². The van der Waals surface area contributed by atoms with E-state index in [2.05, 4.69) is 0 Å². The average Bonchev–Trinajstić information content (AvgIpc) is 2.73. The zero-order chi connectivity index (χ0) is 19.9. The molecule has 3 rings (SSSR count). The van der Waals surface area contributed by atoms with Crippen molar-refractivity contribution in [3.05, 3.63) is 101 Å². The SMILES string of the molecule is COc1ccccc1C(=O)Oc1ccc(C(=O)C=Cc2ccc(C)cc2)cc1. The maximum atomic E-state index is 12.3. The van der Waals surface area contributed by atoms with Crippen LogP contribution in [0.15, 0.2) is 78.9 Å². The van der Waals surface area contributed by atoms with Gasteiger partial charge in [-0.05, 0) is 55.0 Å². The van der Waals surface area contributed by atoms with Crippen LogP contribution in [-0.2, 0) is 0 Å². The lowest BCUT2D eigenvalue weighted by molar-refractivity contribution is 0.0731. The number of ether oxygens (including phenoxy) is 2. The number of hydrogen-bond acceptors (Lipinski definition) is 4. The Bertz CT molecular complexity index is 1000. The average molecular weight is 372 g/mol. The second kappa shape index (κ2) is 8.82. The number of carbonyl (C=O) groups excluding carboxylic acids is 2.